The van der Waals surface area contributed by atoms with Gasteiger partial charge in [0.15, 0.2) is 5.13 Å². The van der Waals surface area contributed by atoms with Crippen LogP contribution in [0.1, 0.15) is 115 Å². The van der Waals surface area contributed by atoms with Gasteiger partial charge in [-0.05, 0) is 25.0 Å². The second kappa shape index (κ2) is 15.7. The van der Waals surface area contributed by atoms with Gasteiger partial charge in [-0.1, -0.05) is 127 Å². The van der Waals surface area contributed by atoms with Crippen LogP contribution in [0, 0.1) is 6.92 Å². The number of unbranched alkanes of at least 4 members (excludes halogenated alkanes) is 15. The van der Waals surface area contributed by atoms with Gasteiger partial charge in [0.25, 0.3) is 0 Å². The normalized spacial score (nSPS) is 11.4. The highest BCUT2D eigenvalue weighted by Gasteiger charge is 2.04. The van der Waals surface area contributed by atoms with E-state index in [1.807, 2.05) is 0 Å². The number of aryl methyl sites for hydroxylation is 1. The molecule has 0 atom stereocenters. The lowest BCUT2D eigenvalue weighted by molar-refractivity contribution is 0.530. The number of nitrogens with zero attached hydrogens (tertiary/aromatic N) is 1. The first-order valence-electron chi connectivity index (χ1n) is 12.4. The smallest absolute Gasteiger partial charge is 0.183 e. The van der Waals surface area contributed by atoms with E-state index >= 15 is 0 Å². The van der Waals surface area contributed by atoms with Crippen molar-refractivity contribution in [1.82, 2.24) is 4.98 Å². The highest BCUT2D eigenvalue weighted by atomic mass is 32.1. The van der Waals surface area contributed by atoms with Crippen molar-refractivity contribution in [1.29, 1.82) is 0 Å². The Bertz CT molecular complexity index is 649. The molecule has 2 nitrogen and oxygen atoms in total. The molecule has 164 valence electrons. The van der Waals surface area contributed by atoms with E-state index in [-0.39, 0.29) is 0 Å². The third kappa shape index (κ3) is 10.5. The number of thiazole rings is 1. The summed E-state index contributed by atoms with van der Waals surface area (Å²) in [6, 6.07) is 6.43. The van der Waals surface area contributed by atoms with Crippen molar-refractivity contribution in [2.45, 2.75) is 117 Å². The summed E-state index contributed by atoms with van der Waals surface area (Å²) in [5.41, 5.74) is 2.43. The van der Waals surface area contributed by atoms with Gasteiger partial charge in [-0.2, -0.15) is 0 Å². The van der Waals surface area contributed by atoms with E-state index in [2.05, 4.69) is 37.4 Å². The summed E-state index contributed by atoms with van der Waals surface area (Å²) in [7, 11) is 0. The molecule has 0 bridgehead atoms. The maximum atomic E-state index is 4.73. The zero-order chi connectivity index (χ0) is 20.6. The van der Waals surface area contributed by atoms with Crippen LogP contribution >= 0.6 is 11.3 Å². The predicted octanol–water partition coefficient (Wildman–Crippen LogP) is 9.28. The molecule has 0 amide bonds. The van der Waals surface area contributed by atoms with Crippen LogP contribution < -0.4 is 5.32 Å². The summed E-state index contributed by atoms with van der Waals surface area (Å²) in [5, 5.41) is 4.60. The lowest BCUT2D eigenvalue weighted by Crippen LogP contribution is -2.00. The molecule has 0 aliphatic rings. The lowest BCUT2D eigenvalue weighted by Gasteiger charge is -2.04. The van der Waals surface area contributed by atoms with Crippen LogP contribution in [-0.4, -0.2) is 11.5 Å². The maximum absolute atomic E-state index is 4.73. The van der Waals surface area contributed by atoms with Gasteiger partial charge in [0.2, 0.25) is 0 Å². The van der Waals surface area contributed by atoms with E-state index < -0.39 is 0 Å². The molecule has 0 saturated carbocycles. The first kappa shape index (κ1) is 24.2. The van der Waals surface area contributed by atoms with E-state index in [0.717, 1.165) is 17.2 Å². The Labute approximate surface area is 183 Å². The number of hydrogen-bond donors (Lipinski definition) is 1. The summed E-state index contributed by atoms with van der Waals surface area (Å²) < 4.78 is 1.29. The number of fused-ring (bicyclic) bond motifs is 1. The van der Waals surface area contributed by atoms with Crippen LogP contribution in [0.15, 0.2) is 18.2 Å². The number of rotatable bonds is 18. The Kier molecular flexibility index (Phi) is 13.1. The number of nitrogens with one attached hydrogen (secondary N) is 1. The number of hydrogen-bond acceptors (Lipinski definition) is 3. The highest BCUT2D eigenvalue weighted by molar-refractivity contribution is 7.22. The van der Waals surface area contributed by atoms with Gasteiger partial charge in [-0.15, -0.1) is 0 Å². The SMILES string of the molecule is CCCCCCCCCCCCCCCCCCNc1nc2c(C)cccc2s1. The van der Waals surface area contributed by atoms with Gasteiger partial charge in [0.1, 0.15) is 0 Å². The summed E-state index contributed by atoms with van der Waals surface area (Å²) in [6.45, 7) is 5.49. The maximum Gasteiger partial charge on any atom is 0.183 e. The van der Waals surface area contributed by atoms with E-state index in [4.69, 9.17) is 4.98 Å². The zero-order valence-corrected chi connectivity index (χ0v) is 19.9. The third-order valence-electron chi connectivity index (χ3n) is 5.93. The molecular formula is C26H44N2S. The molecule has 0 radical (unpaired) electrons. The molecule has 0 aliphatic heterocycles. The van der Waals surface area contributed by atoms with Gasteiger partial charge >= 0.3 is 0 Å². The third-order valence-corrected chi connectivity index (χ3v) is 6.91. The standard InChI is InChI=1S/C26H44N2S/c1-3-4-5-6-7-8-9-10-11-12-13-14-15-16-17-18-22-27-26-28-25-23(2)20-19-21-24(25)29-26/h19-21H,3-18,22H2,1-2H3,(H,27,28). The fraction of sp³-hybridized carbons (Fsp3) is 0.731. The van der Waals surface area contributed by atoms with Gasteiger partial charge in [0.05, 0.1) is 10.2 Å². The lowest BCUT2D eigenvalue weighted by atomic mass is 10.0. The topological polar surface area (TPSA) is 24.9 Å². The minimum absolute atomic E-state index is 1.05. The summed E-state index contributed by atoms with van der Waals surface area (Å²) in [4.78, 5) is 4.73. The fourth-order valence-electron chi connectivity index (χ4n) is 4.03. The quantitative estimate of drug-likeness (QED) is 0.245. The fourth-order valence-corrected chi connectivity index (χ4v) is 5.00. The van der Waals surface area contributed by atoms with Crippen molar-refractivity contribution < 1.29 is 0 Å². The van der Waals surface area contributed by atoms with Crippen molar-refractivity contribution in [2.24, 2.45) is 0 Å². The first-order chi connectivity index (χ1) is 14.3. The molecule has 2 rings (SSSR count). The number of anilines is 1. The molecule has 1 N–H and O–H groups in total. The minimum Gasteiger partial charge on any atom is -0.361 e. The molecule has 1 aromatic heterocycles. The van der Waals surface area contributed by atoms with E-state index in [1.54, 1.807) is 11.3 Å². The largest absolute Gasteiger partial charge is 0.361 e. The minimum atomic E-state index is 1.05. The van der Waals surface area contributed by atoms with Crippen molar-refractivity contribution in [3.8, 4) is 0 Å². The summed E-state index contributed by atoms with van der Waals surface area (Å²) in [5.74, 6) is 0. The van der Waals surface area contributed by atoms with Gasteiger partial charge in [-0.25, -0.2) is 4.98 Å². The van der Waals surface area contributed by atoms with Crippen molar-refractivity contribution >= 4 is 26.7 Å². The van der Waals surface area contributed by atoms with Gasteiger partial charge in [0, 0.05) is 6.54 Å². The van der Waals surface area contributed by atoms with Crippen LogP contribution in [0.2, 0.25) is 0 Å². The Morgan fingerprint density at radius 1 is 0.724 bits per heavy atom. The average molecular weight is 417 g/mol. The molecule has 0 saturated heterocycles. The second-order valence-electron chi connectivity index (χ2n) is 8.67. The van der Waals surface area contributed by atoms with Crippen LogP contribution in [0.4, 0.5) is 5.13 Å². The predicted molar refractivity (Wildman–Crippen MR) is 132 cm³/mol. The molecule has 29 heavy (non-hydrogen) atoms. The van der Waals surface area contributed by atoms with Crippen molar-refractivity contribution in [3.05, 3.63) is 23.8 Å². The van der Waals surface area contributed by atoms with Crippen LogP contribution in [0.3, 0.4) is 0 Å². The van der Waals surface area contributed by atoms with Crippen LogP contribution in [0.5, 0.6) is 0 Å². The van der Waals surface area contributed by atoms with Crippen molar-refractivity contribution in [3.63, 3.8) is 0 Å². The highest BCUT2D eigenvalue weighted by Crippen LogP contribution is 2.27. The second-order valence-corrected chi connectivity index (χ2v) is 9.70. The van der Waals surface area contributed by atoms with E-state index in [9.17, 15) is 0 Å². The average Bonchev–Trinajstić information content (AvgIpc) is 3.15. The molecule has 0 fully saturated rings. The van der Waals surface area contributed by atoms with Gasteiger partial charge < -0.3 is 5.32 Å². The number of aromatic nitrogens is 1. The molecule has 1 aromatic carbocycles. The van der Waals surface area contributed by atoms with Crippen molar-refractivity contribution in [2.75, 3.05) is 11.9 Å². The number of benzene rings is 1. The van der Waals surface area contributed by atoms with E-state index in [1.165, 1.54) is 113 Å². The molecule has 0 spiro atoms. The number of para-hydroxylation sites is 1. The molecule has 0 aliphatic carbocycles. The van der Waals surface area contributed by atoms with Crippen LogP contribution in [0.25, 0.3) is 10.2 Å². The van der Waals surface area contributed by atoms with Gasteiger partial charge in [-0.3, -0.25) is 0 Å². The Morgan fingerprint density at radius 2 is 1.24 bits per heavy atom. The molecule has 1 heterocycles. The summed E-state index contributed by atoms with van der Waals surface area (Å²) in [6.07, 6.45) is 22.8. The molecule has 0 unspecified atom stereocenters. The summed E-state index contributed by atoms with van der Waals surface area (Å²) >= 11 is 1.78. The Morgan fingerprint density at radius 3 is 1.76 bits per heavy atom. The first-order valence-corrected chi connectivity index (χ1v) is 13.2. The molecule has 3 heteroatoms. The Hall–Kier alpha value is -1.09. The van der Waals surface area contributed by atoms with E-state index in [0.29, 0.717) is 0 Å². The molecular weight excluding hydrogens is 372 g/mol. The molecule has 2 aromatic rings. The van der Waals surface area contributed by atoms with Crippen LogP contribution in [-0.2, 0) is 0 Å². The monoisotopic (exact) mass is 416 g/mol. The zero-order valence-electron chi connectivity index (χ0n) is 19.1. The Balaban J connectivity index is 1.33.